The van der Waals surface area contributed by atoms with E-state index in [4.69, 9.17) is 9.15 Å². The molecule has 2 aromatic rings. The number of aliphatic hydroxyl groups is 2. The van der Waals surface area contributed by atoms with E-state index < -0.39 is 28.1 Å². The third-order valence-electron chi connectivity index (χ3n) is 4.33. The van der Waals surface area contributed by atoms with E-state index in [9.17, 15) is 18.6 Å². The Kier molecular flexibility index (Phi) is 5.98. The van der Waals surface area contributed by atoms with Crippen molar-refractivity contribution in [3.8, 4) is 5.75 Å². The maximum Gasteiger partial charge on any atom is 0.154 e. The third kappa shape index (κ3) is 5.07. The molecule has 0 saturated carbocycles. The molecule has 2 heterocycles. The lowest BCUT2D eigenvalue weighted by Gasteiger charge is -2.31. The first-order valence-electron chi connectivity index (χ1n) is 8.44. The van der Waals surface area contributed by atoms with Crippen LogP contribution in [0.3, 0.4) is 0 Å². The zero-order valence-electron chi connectivity index (χ0n) is 14.3. The van der Waals surface area contributed by atoms with Gasteiger partial charge in [-0.2, -0.15) is 0 Å². The average molecular weight is 381 g/mol. The van der Waals surface area contributed by atoms with Crippen molar-refractivity contribution in [3.63, 3.8) is 0 Å². The maximum absolute atomic E-state index is 11.9. The van der Waals surface area contributed by atoms with Gasteiger partial charge in [0.1, 0.15) is 24.2 Å². The number of sulfone groups is 1. The van der Waals surface area contributed by atoms with Crippen LogP contribution >= 0.6 is 0 Å². The van der Waals surface area contributed by atoms with Crippen LogP contribution in [0.4, 0.5) is 0 Å². The standard InChI is InChI=1S/C18H23NO6S/c20-14(11-25-15-5-2-1-3-6-15)9-19(10-16-7-4-8-24-16)17-12-26(22,23)13-18(17)21/h1-8,14,17-18,20-21H,9-13H2. The van der Waals surface area contributed by atoms with Gasteiger partial charge in [-0.1, -0.05) is 18.2 Å². The zero-order chi connectivity index (χ0) is 18.6. The Labute approximate surface area is 152 Å². The molecular weight excluding hydrogens is 358 g/mol. The second-order valence-electron chi connectivity index (χ2n) is 6.50. The molecule has 3 unspecified atom stereocenters. The molecular formula is C18H23NO6S. The number of rotatable bonds is 8. The SMILES string of the molecule is O=S1(=O)CC(O)C(N(Cc2ccco2)CC(O)COc2ccccc2)C1. The topological polar surface area (TPSA) is 100 Å². The summed E-state index contributed by atoms with van der Waals surface area (Å²) in [6, 6.07) is 12.1. The Morgan fingerprint density at radius 2 is 1.96 bits per heavy atom. The molecule has 0 radical (unpaired) electrons. The zero-order valence-corrected chi connectivity index (χ0v) is 15.1. The Bertz CT molecular complexity index is 777. The van der Waals surface area contributed by atoms with Crippen LogP contribution in [0.15, 0.2) is 53.1 Å². The molecule has 0 amide bonds. The van der Waals surface area contributed by atoms with E-state index in [1.807, 2.05) is 18.2 Å². The van der Waals surface area contributed by atoms with Crippen molar-refractivity contribution >= 4 is 9.84 Å². The van der Waals surface area contributed by atoms with Crippen LogP contribution in [-0.4, -0.2) is 66.4 Å². The lowest BCUT2D eigenvalue weighted by Crippen LogP contribution is -2.47. The first-order valence-corrected chi connectivity index (χ1v) is 10.3. The number of para-hydroxylation sites is 1. The Hall–Kier alpha value is -1.87. The second kappa shape index (κ2) is 8.22. The molecule has 0 bridgehead atoms. The van der Waals surface area contributed by atoms with E-state index in [1.165, 1.54) is 6.26 Å². The number of aliphatic hydroxyl groups excluding tert-OH is 2. The molecule has 0 aliphatic carbocycles. The predicted molar refractivity (Wildman–Crippen MR) is 95.5 cm³/mol. The van der Waals surface area contributed by atoms with Gasteiger partial charge in [0.25, 0.3) is 0 Å². The van der Waals surface area contributed by atoms with E-state index in [0.717, 1.165) is 0 Å². The maximum atomic E-state index is 11.9. The van der Waals surface area contributed by atoms with Crippen LogP contribution in [0.25, 0.3) is 0 Å². The molecule has 7 nitrogen and oxygen atoms in total. The number of benzene rings is 1. The van der Waals surface area contributed by atoms with Crippen LogP contribution in [0.5, 0.6) is 5.75 Å². The second-order valence-corrected chi connectivity index (χ2v) is 8.65. The van der Waals surface area contributed by atoms with Crippen molar-refractivity contribution in [2.45, 2.75) is 24.8 Å². The summed E-state index contributed by atoms with van der Waals surface area (Å²) in [6.45, 7) is 0.520. The van der Waals surface area contributed by atoms with Crippen molar-refractivity contribution in [1.29, 1.82) is 0 Å². The molecule has 1 aromatic carbocycles. The summed E-state index contributed by atoms with van der Waals surface area (Å²) >= 11 is 0. The van der Waals surface area contributed by atoms with Crippen LogP contribution in [0, 0.1) is 0 Å². The molecule has 1 fully saturated rings. The molecule has 1 saturated heterocycles. The van der Waals surface area contributed by atoms with Crippen molar-refractivity contribution < 1.29 is 27.8 Å². The van der Waals surface area contributed by atoms with Crippen molar-refractivity contribution in [1.82, 2.24) is 4.90 Å². The molecule has 1 aliphatic rings. The van der Waals surface area contributed by atoms with Crippen molar-refractivity contribution in [2.75, 3.05) is 24.7 Å². The lowest BCUT2D eigenvalue weighted by molar-refractivity contribution is 0.0190. The molecule has 26 heavy (non-hydrogen) atoms. The number of hydrogen-bond donors (Lipinski definition) is 2. The van der Waals surface area contributed by atoms with E-state index in [1.54, 1.807) is 29.2 Å². The lowest BCUT2D eigenvalue weighted by atomic mass is 10.1. The largest absolute Gasteiger partial charge is 0.491 e. The van der Waals surface area contributed by atoms with E-state index >= 15 is 0 Å². The van der Waals surface area contributed by atoms with E-state index in [-0.39, 0.29) is 24.7 Å². The molecule has 1 aliphatic heterocycles. The first kappa shape index (κ1) is 18.9. The highest BCUT2D eigenvalue weighted by Crippen LogP contribution is 2.21. The van der Waals surface area contributed by atoms with Gasteiger partial charge in [-0.05, 0) is 24.3 Å². The predicted octanol–water partition coefficient (Wildman–Crippen LogP) is 0.679. The normalized spacial score (nSPS) is 23.2. The van der Waals surface area contributed by atoms with Gasteiger partial charge >= 0.3 is 0 Å². The Morgan fingerprint density at radius 1 is 1.19 bits per heavy atom. The summed E-state index contributed by atoms with van der Waals surface area (Å²) in [4.78, 5) is 1.74. The third-order valence-corrected chi connectivity index (χ3v) is 6.03. The van der Waals surface area contributed by atoms with Gasteiger partial charge < -0.3 is 19.4 Å². The number of hydrogen-bond acceptors (Lipinski definition) is 7. The van der Waals surface area contributed by atoms with E-state index in [0.29, 0.717) is 18.1 Å². The highest BCUT2D eigenvalue weighted by atomic mass is 32.2. The van der Waals surface area contributed by atoms with Crippen molar-refractivity contribution in [2.24, 2.45) is 0 Å². The molecule has 3 atom stereocenters. The quantitative estimate of drug-likeness (QED) is 0.693. The molecule has 2 N–H and O–H groups in total. The smallest absolute Gasteiger partial charge is 0.154 e. The Balaban J connectivity index is 1.65. The van der Waals surface area contributed by atoms with Gasteiger partial charge in [0.05, 0.1) is 36.5 Å². The van der Waals surface area contributed by atoms with Gasteiger partial charge in [-0.25, -0.2) is 8.42 Å². The molecule has 3 rings (SSSR count). The summed E-state index contributed by atoms with van der Waals surface area (Å²) in [6.07, 6.45) is -0.303. The number of ether oxygens (including phenoxy) is 1. The summed E-state index contributed by atoms with van der Waals surface area (Å²) in [7, 11) is -3.29. The number of furan rings is 1. The fourth-order valence-corrected chi connectivity index (χ4v) is 4.94. The molecule has 142 valence electrons. The summed E-state index contributed by atoms with van der Waals surface area (Å²) in [5.41, 5.74) is 0. The highest BCUT2D eigenvalue weighted by molar-refractivity contribution is 7.91. The summed E-state index contributed by atoms with van der Waals surface area (Å²) in [5, 5.41) is 20.5. The fourth-order valence-electron chi connectivity index (χ4n) is 3.11. The van der Waals surface area contributed by atoms with Gasteiger partial charge in [-0.15, -0.1) is 0 Å². The molecule has 1 aromatic heterocycles. The minimum Gasteiger partial charge on any atom is -0.491 e. The van der Waals surface area contributed by atoms with Crippen molar-refractivity contribution in [3.05, 3.63) is 54.5 Å². The van der Waals surface area contributed by atoms with Crippen LogP contribution in [-0.2, 0) is 16.4 Å². The highest BCUT2D eigenvalue weighted by Gasteiger charge is 2.40. The van der Waals surface area contributed by atoms with Gasteiger partial charge in [0.15, 0.2) is 9.84 Å². The molecule has 8 heteroatoms. The van der Waals surface area contributed by atoms with Crippen LogP contribution in [0.2, 0.25) is 0 Å². The van der Waals surface area contributed by atoms with Gasteiger partial charge in [0.2, 0.25) is 0 Å². The minimum atomic E-state index is -3.29. The van der Waals surface area contributed by atoms with Crippen LogP contribution in [0.1, 0.15) is 5.76 Å². The minimum absolute atomic E-state index is 0.0637. The Morgan fingerprint density at radius 3 is 2.58 bits per heavy atom. The summed E-state index contributed by atoms with van der Waals surface area (Å²) in [5.74, 6) is 0.884. The first-order chi connectivity index (χ1) is 12.4. The van der Waals surface area contributed by atoms with Gasteiger partial charge in [-0.3, -0.25) is 4.90 Å². The van der Waals surface area contributed by atoms with Crippen LogP contribution < -0.4 is 4.74 Å². The average Bonchev–Trinajstić information content (AvgIpc) is 3.20. The monoisotopic (exact) mass is 381 g/mol. The van der Waals surface area contributed by atoms with E-state index in [2.05, 4.69) is 0 Å². The molecule has 0 spiro atoms. The summed E-state index contributed by atoms with van der Waals surface area (Å²) < 4.78 is 34.6. The number of nitrogens with zero attached hydrogens (tertiary/aromatic N) is 1. The fraction of sp³-hybridized carbons (Fsp3) is 0.444. The van der Waals surface area contributed by atoms with Gasteiger partial charge in [0, 0.05) is 6.54 Å².